The van der Waals surface area contributed by atoms with E-state index in [1.54, 1.807) is 0 Å². The van der Waals surface area contributed by atoms with Gasteiger partial charge in [0.15, 0.2) is 0 Å². The van der Waals surface area contributed by atoms with Crippen molar-refractivity contribution in [3.05, 3.63) is 48.5 Å². The van der Waals surface area contributed by atoms with Crippen molar-refractivity contribution in [3.8, 4) is 0 Å². The van der Waals surface area contributed by atoms with Gasteiger partial charge in [-0.05, 0) is 24.3 Å². The first-order valence-electron chi connectivity index (χ1n) is 5.16. The summed E-state index contributed by atoms with van der Waals surface area (Å²) in [5, 5.41) is 7.55. The Kier molecular flexibility index (Phi) is 3.54. The van der Waals surface area contributed by atoms with Gasteiger partial charge < -0.3 is 5.32 Å². The molecule has 0 aliphatic rings. The van der Waals surface area contributed by atoms with Gasteiger partial charge in [-0.3, -0.25) is 4.79 Å². The molecular weight excluding hydrogens is 268 g/mol. The van der Waals surface area contributed by atoms with Crippen LogP contribution in [0.4, 0.5) is 5.69 Å². The van der Waals surface area contributed by atoms with Crippen molar-refractivity contribution in [1.29, 1.82) is 0 Å². The average molecular weight is 278 g/mol. The molecule has 0 saturated carbocycles. The minimum atomic E-state index is -3.73. The number of sulfonamides is 1. The standard InChI is InChI=1S/C11H10N4O3S/c12-19(17,18)10-3-1-9(2-4-10)15-11(16)8-5-13-7-14-6-8/h1-7H,(H,15,16)(H2,12,17,18). The zero-order valence-corrected chi connectivity index (χ0v) is 10.5. The minimum Gasteiger partial charge on any atom is -0.322 e. The molecule has 19 heavy (non-hydrogen) atoms. The third kappa shape index (κ3) is 3.33. The molecule has 0 atom stereocenters. The molecule has 7 nitrogen and oxygen atoms in total. The second-order valence-corrected chi connectivity index (χ2v) is 5.21. The number of benzene rings is 1. The Morgan fingerprint density at radius 2 is 1.68 bits per heavy atom. The van der Waals surface area contributed by atoms with Gasteiger partial charge in [-0.2, -0.15) is 0 Å². The number of nitrogens with two attached hydrogens (primary N) is 1. The summed E-state index contributed by atoms with van der Waals surface area (Å²) in [6, 6.07) is 5.52. The molecule has 0 spiro atoms. The lowest BCUT2D eigenvalue weighted by atomic mass is 10.3. The maximum atomic E-state index is 11.8. The van der Waals surface area contributed by atoms with Gasteiger partial charge in [0.25, 0.3) is 5.91 Å². The fourth-order valence-corrected chi connectivity index (χ4v) is 1.86. The predicted octanol–water partition coefficient (Wildman–Crippen LogP) is 0.376. The molecule has 3 N–H and O–H groups in total. The van der Waals surface area contributed by atoms with Crippen LogP contribution in [0.25, 0.3) is 0 Å². The van der Waals surface area contributed by atoms with Gasteiger partial charge in [0.1, 0.15) is 6.33 Å². The molecule has 98 valence electrons. The molecule has 1 amide bonds. The predicted molar refractivity (Wildman–Crippen MR) is 67.8 cm³/mol. The Morgan fingerprint density at radius 1 is 1.11 bits per heavy atom. The molecule has 1 heterocycles. The molecule has 0 saturated heterocycles. The number of hydrogen-bond acceptors (Lipinski definition) is 5. The first-order chi connectivity index (χ1) is 8.97. The summed E-state index contributed by atoms with van der Waals surface area (Å²) in [5.74, 6) is -0.385. The highest BCUT2D eigenvalue weighted by Gasteiger charge is 2.09. The number of aromatic nitrogens is 2. The van der Waals surface area contributed by atoms with E-state index in [-0.39, 0.29) is 10.8 Å². The molecule has 0 bridgehead atoms. The lowest BCUT2D eigenvalue weighted by molar-refractivity contribution is 0.102. The molecule has 0 radical (unpaired) electrons. The van der Waals surface area contributed by atoms with E-state index in [1.165, 1.54) is 43.0 Å². The van der Waals surface area contributed by atoms with Crippen molar-refractivity contribution in [1.82, 2.24) is 9.97 Å². The van der Waals surface area contributed by atoms with Gasteiger partial charge in [0.2, 0.25) is 10.0 Å². The van der Waals surface area contributed by atoms with Crippen molar-refractivity contribution in [3.63, 3.8) is 0 Å². The summed E-state index contributed by atoms with van der Waals surface area (Å²) < 4.78 is 22.1. The number of nitrogens with one attached hydrogen (secondary N) is 1. The van der Waals surface area contributed by atoms with E-state index in [0.717, 1.165) is 0 Å². The van der Waals surface area contributed by atoms with Crippen LogP contribution in [0.5, 0.6) is 0 Å². The van der Waals surface area contributed by atoms with Crippen molar-refractivity contribution in [2.24, 2.45) is 5.14 Å². The molecular formula is C11H10N4O3S. The summed E-state index contributed by atoms with van der Waals surface area (Å²) in [6.07, 6.45) is 4.07. The van der Waals surface area contributed by atoms with E-state index < -0.39 is 10.0 Å². The number of carbonyl (C=O) groups is 1. The van der Waals surface area contributed by atoms with Gasteiger partial charge >= 0.3 is 0 Å². The first-order valence-corrected chi connectivity index (χ1v) is 6.71. The largest absolute Gasteiger partial charge is 0.322 e. The Bertz CT molecular complexity index is 684. The van der Waals surface area contributed by atoms with Crippen LogP contribution in [-0.4, -0.2) is 24.3 Å². The Balaban J connectivity index is 2.15. The molecule has 0 fully saturated rings. The monoisotopic (exact) mass is 278 g/mol. The molecule has 2 aromatic rings. The second kappa shape index (κ2) is 5.12. The fraction of sp³-hybridized carbons (Fsp3) is 0. The van der Waals surface area contributed by atoms with Crippen LogP contribution < -0.4 is 10.5 Å². The third-order valence-corrected chi connectivity index (χ3v) is 3.19. The van der Waals surface area contributed by atoms with Crippen LogP contribution in [0, 0.1) is 0 Å². The molecule has 1 aromatic heterocycles. The number of anilines is 1. The van der Waals surface area contributed by atoms with Crippen LogP contribution in [0.3, 0.4) is 0 Å². The molecule has 1 aromatic carbocycles. The fourth-order valence-electron chi connectivity index (χ4n) is 1.35. The Hall–Kier alpha value is -2.32. The van der Waals surface area contributed by atoms with E-state index in [1.807, 2.05) is 0 Å². The van der Waals surface area contributed by atoms with Gasteiger partial charge in [0.05, 0.1) is 10.5 Å². The van der Waals surface area contributed by atoms with E-state index in [0.29, 0.717) is 11.3 Å². The zero-order chi connectivity index (χ0) is 13.9. The van der Waals surface area contributed by atoms with Crippen molar-refractivity contribution in [2.75, 3.05) is 5.32 Å². The topological polar surface area (TPSA) is 115 Å². The Morgan fingerprint density at radius 3 is 2.21 bits per heavy atom. The summed E-state index contributed by atoms with van der Waals surface area (Å²) in [5.41, 5.74) is 0.749. The third-order valence-electron chi connectivity index (χ3n) is 2.26. The van der Waals surface area contributed by atoms with Crippen LogP contribution in [0.15, 0.2) is 47.9 Å². The quantitative estimate of drug-likeness (QED) is 0.842. The first kappa shape index (κ1) is 13.1. The summed E-state index contributed by atoms with van der Waals surface area (Å²) in [6.45, 7) is 0. The van der Waals surface area contributed by atoms with Crippen molar-refractivity contribution < 1.29 is 13.2 Å². The van der Waals surface area contributed by atoms with Gasteiger partial charge in [0, 0.05) is 18.1 Å². The smallest absolute Gasteiger partial charge is 0.258 e. The summed E-state index contributed by atoms with van der Waals surface area (Å²) in [7, 11) is -3.73. The van der Waals surface area contributed by atoms with Crippen LogP contribution >= 0.6 is 0 Å². The number of carbonyl (C=O) groups excluding carboxylic acids is 1. The van der Waals surface area contributed by atoms with Crippen LogP contribution in [0.2, 0.25) is 0 Å². The highest BCUT2D eigenvalue weighted by molar-refractivity contribution is 7.89. The maximum absolute atomic E-state index is 11.8. The lowest BCUT2D eigenvalue weighted by Crippen LogP contribution is -2.14. The molecule has 0 aliphatic heterocycles. The van der Waals surface area contributed by atoms with E-state index in [9.17, 15) is 13.2 Å². The summed E-state index contributed by atoms with van der Waals surface area (Å²) in [4.78, 5) is 19.2. The van der Waals surface area contributed by atoms with Crippen LogP contribution in [0.1, 0.15) is 10.4 Å². The molecule has 8 heteroatoms. The Labute approximate surface area is 109 Å². The number of nitrogens with zero attached hydrogens (tertiary/aromatic N) is 2. The van der Waals surface area contributed by atoms with Gasteiger partial charge in [-0.15, -0.1) is 0 Å². The molecule has 0 unspecified atom stereocenters. The van der Waals surface area contributed by atoms with Crippen LogP contribution in [-0.2, 0) is 10.0 Å². The minimum absolute atomic E-state index is 0.0199. The second-order valence-electron chi connectivity index (χ2n) is 3.65. The summed E-state index contributed by atoms with van der Waals surface area (Å²) >= 11 is 0. The van der Waals surface area contributed by atoms with Crippen molar-refractivity contribution >= 4 is 21.6 Å². The maximum Gasteiger partial charge on any atom is 0.258 e. The number of amides is 1. The lowest BCUT2D eigenvalue weighted by Gasteiger charge is -2.05. The number of hydrogen-bond donors (Lipinski definition) is 2. The van der Waals surface area contributed by atoms with E-state index >= 15 is 0 Å². The van der Waals surface area contributed by atoms with E-state index in [2.05, 4.69) is 15.3 Å². The normalized spacial score (nSPS) is 11.0. The number of primary sulfonamides is 1. The van der Waals surface area contributed by atoms with Gasteiger partial charge in [-0.1, -0.05) is 0 Å². The van der Waals surface area contributed by atoms with Crippen molar-refractivity contribution in [2.45, 2.75) is 4.90 Å². The van der Waals surface area contributed by atoms with E-state index in [4.69, 9.17) is 5.14 Å². The highest BCUT2D eigenvalue weighted by atomic mass is 32.2. The SMILES string of the molecule is NS(=O)(=O)c1ccc(NC(=O)c2cncnc2)cc1. The molecule has 0 aliphatic carbocycles. The zero-order valence-electron chi connectivity index (χ0n) is 9.65. The van der Waals surface area contributed by atoms with Gasteiger partial charge in [-0.25, -0.2) is 23.5 Å². The number of rotatable bonds is 3. The average Bonchev–Trinajstić information content (AvgIpc) is 2.39. The highest BCUT2D eigenvalue weighted by Crippen LogP contribution is 2.13. The molecule has 2 rings (SSSR count).